The Morgan fingerprint density at radius 1 is 1.43 bits per heavy atom. The molecule has 2 N–H and O–H groups in total. The van der Waals surface area contributed by atoms with E-state index in [0.717, 1.165) is 6.42 Å². The smallest absolute Gasteiger partial charge is 0.335 e. The number of carbonyl (C=O) groups excluding carboxylic acids is 1. The van der Waals surface area contributed by atoms with Crippen LogP contribution in [0.3, 0.4) is 0 Å². The van der Waals surface area contributed by atoms with Gasteiger partial charge in [0.25, 0.3) is 0 Å². The van der Waals surface area contributed by atoms with Crippen LogP contribution in [0.15, 0.2) is 0 Å². The van der Waals surface area contributed by atoms with Gasteiger partial charge in [-0.15, -0.1) is 0 Å². The molecule has 2 rings (SSSR count). The number of hydrogen-bond donors (Lipinski definition) is 1. The lowest BCUT2D eigenvalue weighted by Gasteiger charge is -2.26. The fourth-order valence-electron chi connectivity index (χ4n) is 1.57. The summed E-state index contributed by atoms with van der Waals surface area (Å²) in [5.74, 6) is -0.269. The van der Waals surface area contributed by atoms with Crippen molar-refractivity contribution in [2.24, 2.45) is 5.73 Å². The molecule has 2 heterocycles. The van der Waals surface area contributed by atoms with Gasteiger partial charge in [0.15, 0.2) is 6.10 Å². The molecule has 2 saturated heterocycles. The van der Waals surface area contributed by atoms with Gasteiger partial charge in [-0.3, -0.25) is 0 Å². The molecule has 0 amide bonds. The molecule has 0 aromatic rings. The number of carbonyl (C=O) groups is 1. The van der Waals surface area contributed by atoms with E-state index in [9.17, 15) is 4.79 Å². The third-order valence-electron chi connectivity index (χ3n) is 2.52. The highest BCUT2D eigenvalue weighted by molar-refractivity contribution is 5.75. The SMILES string of the molecule is NCC1CCC(C(=O)OC2COC2)O1. The van der Waals surface area contributed by atoms with E-state index in [1.165, 1.54) is 0 Å². The van der Waals surface area contributed by atoms with E-state index in [-0.39, 0.29) is 18.2 Å². The van der Waals surface area contributed by atoms with Crippen molar-refractivity contribution >= 4 is 5.97 Å². The van der Waals surface area contributed by atoms with Gasteiger partial charge in [-0.2, -0.15) is 0 Å². The van der Waals surface area contributed by atoms with E-state index < -0.39 is 6.10 Å². The van der Waals surface area contributed by atoms with Crippen molar-refractivity contribution in [3.8, 4) is 0 Å². The van der Waals surface area contributed by atoms with Crippen molar-refractivity contribution in [3.05, 3.63) is 0 Å². The molecular formula is C9H15NO4. The second-order valence-electron chi connectivity index (χ2n) is 3.66. The molecule has 2 fully saturated rings. The molecule has 0 aromatic heterocycles. The molecule has 0 bridgehead atoms. The third kappa shape index (κ3) is 2.05. The molecule has 0 saturated carbocycles. The topological polar surface area (TPSA) is 70.8 Å². The van der Waals surface area contributed by atoms with E-state index in [0.29, 0.717) is 26.2 Å². The van der Waals surface area contributed by atoms with E-state index in [4.69, 9.17) is 19.9 Å². The van der Waals surface area contributed by atoms with Crippen LogP contribution >= 0.6 is 0 Å². The Morgan fingerprint density at radius 3 is 2.71 bits per heavy atom. The van der Waals surface area contributed by atoms with Crippen molar-refractivity contribution in [2.45, 2.75) is 31.2 Å². The van der Waals surface area contributed by atoms with Crippen LogP contribution in [0.1, 0.15) is 12.8 Å². The van der Waals surface area contributed by atoms with Crippen LogP contribution in [0.25, 0.3) is 0 Å². The van der Waals surface area contributed by atoms with Crippen LogP contribution in [0.5, 0.6) is 0 Å². The maximum atomic E-state index is 11.5. The number of ether oxygens (including phenoxy) is 3. The first-order chi connectivity index (χ1) is 6.79. The molecule has 0 spiro atoms. The third-order valence-corrected chi connectivity index (χ3v) is 2.52. The maximum Gasteiger partial charge on any atom is 0.335 e. The minimum atomic E-state index is -0.413. The zero-order valence-electron chi connectivity index (χ0n) is 7.98. The van der Waals surface area contributed by atoms with Gasteiger partial charge in [0.1, 0.15) is 6.10 Å². The first kappa shape index (κ1) is 9.89. The fourth-order valence-corrected chi connectivity index (χ4v) is 1.57. The summed E-state index contributed by atoms with van der Waals surface area (Å²) in [7, 11) is 0. The van der Waals surface area contributed by atoms with Gasteiger partial charge in [-0.05, 0) is 12.8 Å². The molecule has 2 atom stereocenters. The predicted octanol–water partition coefficient (Wildman–Crippen LogP) is -0.565. The molecule has 2 aliphatic rings. The van der Waals surface area contributed by atoms with Gasteiger partial charge in [0.2, 0.25) is 0 Å². The van der Waals surface area contributed by atoms with Crippen molar-refractivity contribution < 1.29 is 19.0 Å². The Morgan fingerprint density at radius 2 is 2.21 bits per heavy atom. The molecule has 2 aliphatic heterocycles. The average molecular weight is 201 g/mol. The van der Waals surface area contributed by atoms with Crippen LogP contribution < -0.4 is 5.73 Å². The highest BCUT2D eigenvalue weighted by Crippen LogP contribution is 2.21. The van der Waals surface area contributed by atoms with Crippen molar-refractivity contribution in [1.29, 1.82) is 0 Å². The zero-order valence-corrected chi connectivity index (χ0v) is 7.98. The average Bonchev–Trinajstić information content (AvgIpc) is 2.59. The van der Waals surface area contributed by atoms with Crippen LogP contribution in [0.2, 0.25) is 0 Å². The Labute approximate surface area is 82.5 Å². The van der Waals surface area contributed by atoms with Crippen molar-refractivity contribution in [1.82, 2.24) is 0 Å². The van der Waals surface area contributed by atoms with Crippen LogP contribution in [-0.4, -0.2) is 44.0 Å². The standard InChI is InChI=1S/C9H15NO4/c10-3-6-1-2-8(13-6)9(11)14-7-4-12-5-7/h6-8H,1-5,10H2. The molecule has 0 aliphatic carbocycles. The minimum absolute atomic E-state index is 0.0187. The molecule has 0 aromatic carbocycles. The lowest BCUT2D eigenvalue weighted by molar-refractivity contribution is -0.182. The van der Waals surface area contributed by atoms with Crippen molar-refractivity contribution in [3.63, 3.8) is 0 Å². The molecular weight excluding hydrogens is 186 g/mol. The van der Waals surface area contributed by atoms with Crippen LogP contribution in [0.4, 0.5) is 0 Å². The quantitative estimate of drug-likeness (QED) is 0.619. The van der Waals surface area contributed by atoms with Gasteiger partial charge in [-0.1, -0.05) is 0 Å². The second kappa shape index (κ2) is 4.25. The van der Waals surface area contributed by atoms with Gasteiger partial charge in [0, 0.05) is 6.54 Å². The summed E-state index contributed by atoms with van der Waals surface area (Å²) in [6, 6.07) is 0. The number of rotatable bonds is 3. The highest BCUT2D eigenvalue weighted by Gasteiger charge is 2.33. The zero-order chi connectivity index (χ0) is 9.97. The maximum absolute atomic E-state index is 11.5. The Kier molecular flexibility index (Phi) is 3.00. The normalized spacial score (nSPS) is 32.6. The monoisotopic (exact) mass is 201 g/mol. The summed E-state index contributed by atoms with van der Waals surface area (Å²) in [4.78, 5) is 11.5. The molecule has 80 valence electrons. The summed E-state index contributed by atoms with van der Waals surface area (Å²) in [6.45, 7) is 1.49. The largest absolute Gasteiger partial charge is 0.456 e. The highest BCUT2D eigenvalue weighted by atomic mass is 16.6. The van der Waals surface area contributed by atoms with E-state index in [1.54, 1.807) is 0 Å². The number of esters is 1. The van der Waals surface area contributed by atoms with Gasteiger partial charge >= 0.3 is 5.97 Å². The van der Waals surface area contributed by atoms with Crippen molar-refractivity contribution in [2.75, 3.05) is 19.8 Å². The molecule has 2 unspecified atom stereocenters. The molecule has 5 nitrogen and oxygen atoms in total. The number of hydrogen-bond acceptors (Lipinski definition) is 5. The van der Waals surface area contributed by atoms with Gasteiger partial charge in [0.05, 0.1) is 19.3 Å². The molecule has 0 radical (unpaired) electrons. The van der Waals surface area contributed by atoms with Crippen LogP contribution in [-0.2, 0) is 19.0 Å². The Bertz CT molecular complexity index is 217. The van der Waals surface area contributed by atoms with E-state index in [2.05, 4.69) is 0 Å². The number of nitrogens with two attached hydrogens (primary N) is 1. The summed E-state index contributed by atoms with van der Waals surface area (Å²) < 4.78 is 15.4. The van der Waals surface area contributed by atoms with Gasteiger partial charge < -0.3 is 19.9 Å². The first-order valence-electron chi connectivity index (χ1n) is 4.93. The lowest BCUT2D eigenvalue weighted by Crippen LogP contribution is -2.40. The summed E-state index contributed by atoms with van der Waals surface area (Å²) >= 11 is 0. The van der Waals surface area contributed by atoms with Gasteiger partial charge in [-0.25, -0.2) is 4.79 Å². The fraction of sp³-hybridized carbons (Fsp3) is 0.889. The van der Waals surface area contributed by atoms with Crippen LogP contribution in [0, 0.1) is 0 Å². The summed E-state index contributed by atoms with van der Waals surface area (Å²) in [5.41, 5.74) is 5.44. The Hall–Kier alpha value is -0.650. The van der Waals surface area contributed by atoms with E-state index in [1.807, 2.05) is 0 Å². The molecule has 5 heteroatoms. The Balaban J connectivity index is 1.74. The van der Waals surface area contributed by atoms with E-state index >= 15 is 0 Å². The lowest BCUT2D eigenvalue weighted by atomic mass is 10.2. The molecule has 14 heavy (non-hydrogen) atoms. The summed E-state index contributed by atoms with van der Waals surface area (Å²) in [5, 5.41) is 0. The first-order valence-corrected chi connectivity index (χ1v) is 4.93. The second-order valence-corrected chi connectivity index (χ2v) is 3.66. The summed E-state index contributed by atoms with van der Waals surface area (Å²) in [6.07, 6.45) is 1.10. The predicted molar refractivity (Wildman–Crippen MR) is 47.6 cm³/mol. The minimum Gasteiger partial charge on any atom is -0.456 e.